The van der Waals surface area contributed by atoms with Gasteiger partial charge in [-0.15, -0.1) is 0 Å². The predicted molar refractivity (Wildman–Crippen MR) is 60.5 cm³/mol. The Hall–Kier alpha value is -0.0800. The van der Waals surface area contributed by atoms with Crippen LogP contribution in [0.4, 0.5) is 0 Å². The molecule has 0 aromatic rings. The molecule has 1 aliphatic rings. The second kappa shape index (κ2) is 5.13. The van der Waals surface area contributed by atoms with Crippen molar-refractivity contribution >= 4 is 0 Å². The van der Waals surface area contributed by atoms with Crippen molar-refractivity contribution in [2.75, 3.05) is 19.8 Å². The van der Waals surface area contributed by atoms with Crippen LogP contribution in [0.5, 0.6) is 0 Å². The summed E-state index contributed by atoms with van der Waals surface area (Å²) in [5.74, 6) is 0.819. The summed E-state index contributed by atoms with van der Waals surface area (Å²) in [4.78, 5) is 0. The lowest BCUT2D eigenvalue weighted by molar-refractivity contribution is 0.102. The van der Waals surface area contributed by atoms with Crippen LogP contribution < -0.4 is 5.32 Å². The largest absolute Gasteiger partial charge is 0.380 e. The Kier molecular flexibility index (Phi) is 4.39. The first-order valence-electron chi connectivity index (χ1n) is 5.93. The van der Waals surface area contributed by atoms with Gasteiger partial charge in [-0.3, -0.25) is 0 Å². The van der Waals surface area contributed by atoms with Crippen LogP contribution >= 0.6 is 0 Å². The van der Waals surface area contributed by atoms with Crippen molar-refractivity contribution in [1.82, 2.24) is 5.32 Å². The summed E-state index contributed by atoms with van der Waals surface area (Å²) in [5.41, 5.74) is 0.544. The molecule has 1 fully saturated rings. The maximum Gasteiger partial charge on any atom is 0.0622 e. The zero-order valence-corrected chi connectivity index (χ0v) is 10.1. The number of likely N-dealkylation sites (N-methyl/N-ethyl adjacent to an activating group) is 1. The van der Waals surface area contributed by atoms with Gasteiger partial charge in [-0.05, 0) is 30.7 Å². The van der Waals surface area contributed by atoms with Crippen molar-refractivity contribution in [1.29, 1.82) is 0 Å². The van der Waals surface area contributed by atoms with E-state index in [2.05, 4.69) is 33.0 Å². The molecular formula is C12H25NO. The number of nitrogens with one attached hydrogen (secondary N) is 1. The highest BCUT2D eigenvalue weighted by atomic mass is 16.5. The summed E-state index contributed by atoms with van der Waals surface area (Å²) in [6, 6.07) is 0.571. The minimum atomic E-state index is 0.544. The van der Waals surface area contributed by atoms with E-state index in [0.29, 0.717) is 11.5 Å². The lowest BCUT2D eigenvalue weighted by Gasteiger charge is -2.19. The molecule has 2 heteroatoms. The van der Waals surface area contributed by atoms with Gasteiger partial charge in [-0.1, -0.05) is 27.7 Å². The molecule has 1 saturated carbocycles. The summed E-state index contributed by atoms with van der Waals surface area (Å²) in [5, 5.41) is 3.53. The number of ether oxygens (including phenoxy) is 1. The van der Waals surface area contributed by atoms with Gasteiger partial charge in [-0.2, -0.15) is 0 Å². The molecule has 2 atom stereocenters. The van der Waals surface area contributed by atoms with Gasteiger partial charge in [-0.25, -0.2) is 0 Å². The van der Waals surface area contributed by atoms with Crippen LogP contribution in [0.3, 0.4) is 0 Å². The quantitative estimate of drug-likeness (QED) is 0.636. The topological polar surface area (TPSA) is 21.3 Å². The second-order valence-electron chi connectivity index (χ2n) is 5.04. The molecule has 1 aliphatic carbocycles. The molecule has 1 rings (SSSR count). The minimum absolute atomic E-state index is 0.544. The Morgan fingerprint density at radius 2 is 2.07 bits per heavy atom. The molecule has 0 saturated heterocycles. The lowest BCUT2D eigenvalue weighted by Crippen LogP contribution is -2.36. The van der Waals surface area contributed by atoms with E-state index in [1.54, 1.807) is 0 Å². The molecule has 0 spiro atoms. The highest BCUT2D eigenvalue weighted by Crippen LogP contribution is 2.53. The Bertz CT molecular complexity index is 168. The first-order chi connectivity index (χ1) is 6.61. The van der Waals surface area contributed by atoms with E-state index in [-0.39, 0.29) is 0 Å². The number of rotatable bonds is 7. The van der Waals surface area contributed by atoms with Crippen molar-refractivity contribution in [3.05, 3.63) is 0 Å². The van der Waals surface area contributed by atoms with Crippen molar-refractivity contribution in [2.24, 2.45) is 11.3 Å². The Morgan fingerprint density at radius 1 is 1.43 bits per heavy atom. The van der Waals surface area contributed by atoms with Crippen molar-refractivity contribution in [2.45, 2.75) is 46.6 Å². The van der Waals surface area contributed by atoms with Crippen LogP contribution in [0.2, 0.25) is 0 Å². The second-order valence-corrected chi connectivity index (χ2v) is 5.04. The predicted octanol–water partition coefficient (Wildman–Crippen LogP) is 2.44. The molecule has 2 unspecified atom stereocenters. The summed E-state index contributed by atoms with van der Waals surface area (Å²) < 4.78 is 5.63. The van der Waals surface area contributed by atoms with E-state index in [9.17, 15) is 0 Å². The van der Waals surface area contributed by atoms with Gasteiger partial charge in [0.1, 0.15) is 0 Å². The van der Waals surface area contributed by atoms with Gasteiger partial charge in [0.05, 0.1) is 6.61 Å². The van der Waals surface area contributed by atoms with Gasteiger partial charge in [0.15, 0.2) is 0 Å². The standard InChI is InChI=1S/C12H25NO/c1-5-7-14-9-11(13-6-2)10-8-12(10,3)4/h10-11,13H,5-9H2,1-4H3. The Morgan fingerprint density at radius 3 is 2.50 bits per heavy atom. The first kappa shape index (κ1) is 12.0. The fourth-order valence-corrected chi connectivity index (χ4v) is 2.13. The maximum absolute atomic E-state index is 5.63. The van der Waals surface area contributed by atoms with Crippen LogP contribution in [-0.2, 0) is 4.74 Å². The molecule has 0 aliphatic heterocycles. The van der Waals surface area contributed by atoms with Crippen LogP contribution in [0.15, 0.2) is 0 Å². The normalized spacial score (nSPS) is 26.1. The van der Waals surface area contributed by atoms with E-state index in [0.717, 1.165) is 32.1 Å². The van der Waals surface area contributed by atoms with Gasteiger partial charge >= 0.3 is 0 Å². The van der Waals surface area contributed by atoms with Crippen LogP contribution in [0.25, 0.3) is 0 Å². The van der Waals surface area contributed by atoms with Crippen molar-refractivity contribution in [3.63, 3.8) is 0 Å². The van der Waals surface area contributed by atoms with Gasteiger partial charge in [0, 0.05) is 12.6 Å². The van der Waals surface area contributed by atoms with E-state index in [1.165, 1.54) is 6.42 Å². The highest BCUT2D eigenvalue weighted by Gasteiger charge is 2.49. The summed E-state index contributed by atoms with van der Waals surface area (Å²) >= 11 is 0. The lowest BCUT2D eigenvalue weighted by atomic mass is 10.0. The number of hydrogen-bond acceptors (Lipinski definition) is 2. The molecule has 84 valence electrons. The van der Waals surface area contributed by atoms with Crippen LogP contribution in [-0.4, -0.2) is 25.8 Å². The third kappa shape index (κ3) is 3.25. The average molecular weight is 199 g/mol. The van der Waals surface area contributed by atoms with Gasteiger partial charge in [0.25, 0.3) is 0 Å². The Labute approximate surface area is 88.4 Å². The molecule has 0 radical (unpaired) electrons. The molecule has 14 heavy (non-hydrogen) atoms. The van der Waals surface area contributed by atoms with E-state index < -0.39 is 0 Å². The molecule has 0 aromatic carbocycles. The summed E-state index contributed by atoms with van der Waals surface area (Å²) in [7, 11) is 0. The highest BCUT2D eigenvalue weighted by molar-refractivity contribution is 5.01. The molecule has 0 heterocycles. The van der Waals surface area contributed by atoms with Crippen molar-refractivity contribution < 1.29 is 4.74 Å². The van der Waals surface area contributed by atoms with E-state index >= 15 is 0 Å². The SMILES string of the molecule is CCCOCC(NCC)C1CC1(C)C. The third-order valence-electron chi connectivity index (χ3n) is 3.19. The average Bonchev–Trinajstić information content (AvgIpc) is 2.74. The van der Waals surface area contributed by atoms with E-state index in [1.807, 2.05) is 0 Å². The fraction of sp³-hybridized carbons (Fsp3) is 1.00. The monoisotopic (exact) mass is 199 g/mol. The smallest absolute Gasteiger partial charge is 0.0622 e. The molecule has 0 bridgehead atoms. The third-order valence-corrected chi connectivity index (χ3v) is 3.19. The number of hydrogen-bond donors (Lipinski definition) is 1. The molecule has 0 amide bonds. The molecular weight excluding hydrogens is 174 g/mol. The molecule has 2 nitrogen and oxygen atoms in total. The summed E-state index contributed by atoms with van der Waals surface area (Å²) in [6.45, 7) is 11.9. The minimum Gasteiger partial charge on any atom is -0.380 e. The van der Waals surface area contributed by atoms with Crippen molar-refractivity contribution in [3.8, 4) is 0 Å². The van der Waals surface area contributed by atoms with Crippen LogP contribution in [0.1, 0.15) is 40.5 Å². The Balaban J connectivity index is 2.26. The zero-order chi connectivity index (χ0) is 10.6. The summed E-state index contributed by atoms with van der Waals surface area (Å²) in [6.07, 6.45) is 2.47. The van der Waals surface area contributed by atoms with Gasteiger partial charge in [0.2, 0.25) is 0 Å². The van der Waals surface area contributed by atoms with E-state index in [4.69, 9.17) is 4.74 Å². The zero-order valence-electron chi connectivity index (χ0n) is 10.1. The molecule has 1 N–H and O–H groups in total. The maximum atomic E-state index is 5.63. The molecule has 0 aromatic heterocycles. The van der Waals surface area contributed by atoms with Crippen LogP contribution in [0, 0.1) is 11.3 Å². The fourth-order valence-electron chi connectivity index (χ4n) is 2.13. The first-order valence-corrected chi connectivity index (χ1v) is 5.93. The van der Waals surface area contributed by atoms with Gasteiger partial charge < -0.3 is 10.1 Å².